The van der Waals surface area contributed by atoms with E-state index in [-0.39, 0.29) is 0 Å². The minimum atomic E-state index is 0.685. The molecule has 1 heteroatoms. The summed E-state index contributed by atoms with van der Waals surface area (Å²) in [5.41, 5.74) is 0. The summed E-state index contributed by atoms with van der Waals surface area (Å²) in [5, 5.41) is 3.35. The van der Waals surface area contributed by atoms with Crippen molar-refractivity contribution in [2.24, 2.45) is 11.8 Å². The Hall–Kier alpha value is -0.0400. The molecule has 0 fully saturated rings. The van der Waals surface area contributed by atoms with Crippen LogP contribution in [-0.4, -0.2) is 13.1 Å². The van der Waals surface area contributed by atoms with Gasteiger partial charge < -0.3 is 5.32 Å². The van der Waals surface area contributed by atoms with E-state index in [2.05, 4.69) is 40.1 Å². The van der Waals surface area contributed by atoms with E-state index >= 15 is 0 Å². The van der Waals surface area contributed by atoms with Crippen LogP contribution in [0.3, 0.4) is 0 Å². The van der Waals surface area contributed by atoms with Gasteiger partial charge in [0, 0.05) is 6.04 Å². The fourth-order valence-corrected chi connectivity index (χ4v) is 1.53. The van der Waals surface area contributed by atoms with Gasteiger partial charge in [0.25, 0.3) is 0 Å². The fraction of sp³-hybridized carbons (Fsp3) is 1.00. The van der Waals surface area contributed by atoms with Crippen molar-refractivity contribution in [1.82, 2.24) is 5.32 Å². The molecular formula is C9H21N. The molecule has 10 heavy (non-hydrogen) atoms. The van der Waals surface area contributed by atoms with Crippen molar-refractivity contribution in [1.29, 1.82) is 0 Å². The van der Waals surface area contributed by atoms with E-state index in [9.17, 15) is 0 Å². The third-order valence-electron chi connectivity index (χ3n) is 2.31. The van der Waals surface area contributed by atoms with Gasteiger partial charge in [-0.15, -0.1) is 0 Å². The van der Waals surface area contributed by atoms with Crippen LogP contribution in [-0.2, 0) is 0 Å². The minimum absolute atomic E-state index is 0.685. The molecule has 0 aliphatic carbocycles. The molecule has 0 aromatic rings. The van der Waals surface area contributed by atoms with Gasteiger partial charge in [-0.3, -0.25) is 0 Å². The highest BCUT2D eigenvalue weighted by atomic mass is 14.9. The molecule has 0 aliphatic rings. The van der Waals surface area contributed by atoms with Crippen LogP contribution in [0.4, 0.5) is 0 Å². The van der Waals surface area contributed by atoms with Crippen molar-refractivity contribution >= 4 is 0 Å². The zero-order valence-electron chi connectivity index (χ0n) is 7.94. The first kappa shape index (κ1) is 9.96. The number of nitrogens with one attached hydrogen (secondary N) is 1. The summed E-state index contributed by atoms with van der Waals surface area (Å²) < 4.78 is 0. The van der Waals surface area contributed by atoms with E-state index in [1.807, 2.05) is 0 Å². The second-order valence-electron chi connectivity index (χ2n) is 3.44. The maximum absolute atomic E-state index is 3.35. The molecule has 2 atom stereocenters. The lowest BCUT2D eigenvalue weighted by Crippen LogP contribution is -2.36. The van der Waals surface area contributed by atoms with Crippen molar-refractivity contribution in [2.45, 2.75) is 40.2 Å². The Kier molecular flexibility index (Phi) is 4.71. The quantitative estimate of drug-likeness (QED) is 0.636. The molecule has 0 spiro atoms. The van der Waals surface area contributed by atoms with Gasteiger partial charge in [-0.2, -0.15) is 0 Å². The molecule has 1 N–H and O–H groups in total. The molecule has 0 aromatic carbocycles. The summed E-state index contributed by atoms with van der Waals surface area (Å²) in [5.74, 6) is 1.55. The van der Waals surface area contributed by atoms with E-state index in [1.54, 1.807) is 0 Å². The first-order valence-corrected chi connectivity index (χ1v) is 4.30. The summed E-state index contributed by atoms with van der Waals surface area (Å²) in [6, 6.07) is 0.685. The maximum atomic E-state index is 3.35. The first-order valence-electron chi connectivity index (χ1n) is 4.30. The van der Waals surface area contributed by atoms with Gasteiger partial charge in [-0.05, 0) is 18.9 Å². The van der Waals surface area contributed by atoms with Crippen LogP contribution in [0.25, 0.3) is 0 Å². The fourth-order valence-electron chi connectivity index (χ4n) is 1.53. The van der Waals surface area contributed by atoms with Crippen LogP contribution in [0.1, 0.15) is 34.1 Å². The predicted molar refractivity (Wildman–Crippen MR) is 47.1 cm³/mol. The van der Waals surface area contributed by atoms with Crippen molar-refractivity contribution in [3.05, 3.63) is 0 Å². The van der Waals surface area contributed by atoms with E-state index in [4.69, 9.17) is 0 Å². The maximum Gasteiger partial charge on any atom is 0.0113 e. The van der Waals surface area contributed by atoms with Crippen LogP contribution in [0, 0.1) is 11.8 Å². The van der Waals surface area contributed by atoms with Crippen molar-refractivity contribution in [3.63, 3.8) is 0 Å². The standard InChI is InChI=1S/C9H21N/c1-6-8(4)9(10-5)7(2)3/h7-10H,6H2,1-5H3/t8?,9-/m0/s1. The number of hydrogen-bond acceptors (Lipinski definition) is 1. The van der Waals surface area contributed by atoms with Crippen molar-refractivity contribution in [2.75, 3.05) is 7.05 Å². The van der Waals surface area contributed by atoms with E-state index in [0.29, 0.717) is 6.04 Å². The molecule has 62 valence electrons. The van der Waals surface area contributed by atoms with Gasteiger partial charge in [-0.25, -0.2) is 0 Å². The Morgan fingerprint density at radius 3 is 1.80 bits per heavy atom. The largest absolute Gasteiger partial charge is 0.316 e. The van der Waals surface area contributed by atoms with Gasteiger partial charge in [-0.1, -0.05) is 34.1 Å². The molecule has 0 saturated carbocycles. The Balaban J connectivity index is 3.80. The second kappa shape index (κ2) is 4.73. The Morgan fingerprint density at radius 1 is 1.20 bits per heavy atom. The zero-order valence-corrected chi connectivity index (χ0v) is 7.94. The SMILES string of the molecule is CCC(C)[C@@H](NC)C(C)C. The molecule has 0 aromatic heterocycles. The monoisotopic (exact) mass is 143 g/mol. The summed E-state index contributed by atoms with van der Waals surface area (Å²) in [6.07, 6.45) is 1.27. The summed E-state index contributed by atoms with van der Waals surface area (Å²) in [7, 11) is 2.05. The molecule has 0 rings (SSSR count). The van der Waals surface area contributed by atoms with Gasteiger partial charge in [0.2, 0.25) is 0 Å². The smallest absolute Gasteiger partial charge is 0.0113 e. The summed E-state index contributed by atoms with van der Waals surface area (Å²) in [4.78, 5) is 0. The van der Waals surface area contributed by atoms with E-state index < -0.39 is 0 Å². The highest BCUT2D eigenvalue weighted by Gasteiger charge is 2.16. The van der Waals surface area contributed by atoms with Crippen molar-refractivity contribution in [3.8, 4) is 0 Å². The van der Waals surface area contributed by atoms with E-state index in [0.717, 1.165) is 11.8 Å². The Labute approximate surface area is 65.2 Å². The van der Waals surface area contributed by atoms with Crippen LogP contribution < -0.4 is 5.32 Å². The molecular weight excluding hydrogens is 122 g/mol. The summed E-state index contributed by atoms with van der Waals surface area (Å²) >= 11 is 0. The molecule has 0 saturated heterocycles. The van der Waals surface area contributed by atoms with Crippen molar-refractivity contribution < 1.29 is 0 Å². The zero-order chi connectivity index (χ0) is 8.15. The summed E-state index contributed by atoms with van der Waals surface area (Å²) in [6.45, 7) is 9.10. The van der Waals surface area contributed by atoms with Crippen LogP contribution in [0.15, 0.2) is 0 Å². The Morgan fingerprint density at radius 2 is 1.70 bits per heavy atom. The molecule has 0 heterocycles. The first-order chi connectivity index (χ1) is 4.63. The normalized spacial score (nSPS) is 17.4. The third-order valence-corrected chi connectivity index (χ3v) is 2.31. The highest BCUT2D eigenvalue weighted by molar-refractivity contribution is 4.73. The predicted octanol–water partition coefficient (Wildman–Crippen LogP) is 2.28. The molecule has 1 unspecified atom stereocenters. The van der Waals surface area contributed by atoms with Gasteiger partial charge in [0.15, 0.2) is 0 Å². The molecule has 0 aliphatic heterocycles. The molecule has 0 bridgehead atoms. The highest BCUT2D eigenvalue weighted by Crippen LogP contribution is 2.14. The number of rotatable bonds is 4. The van der Waals surface area contributed by atoms with E-state index in [1.165, 1.54) is 6.42 Å². The molecule has 0 radical (unpaired) electrons. The van der Waals surface area contributed by atoms with Gasteiger partial charge in [0.05, 0.1) is 0 Å². The minimum Gasteiger partial charge on any atom is -0.316 e. The van der Waals surface area contributed by atoms with Gasteiger partial charge >= 0.3 is 0 Å². The topological polar surface area (TPSA) is 12.0 Å². The number of hydrogen-bond donors (Lipinski definition) is 1. The van der Waals surface area contributed by atoms with Crippen LogP contribution >= 0.6 is 0 Å². The lowest BCUT2D eigenvalue weighted by atomic mass is 9.90. The average Bonchev–Trinajstić information content (AvgIpc) is 1.88. The van der Waals surface area contributed by atoms with Gasteiger partial charge in [0.1, 0.15) is 0 Å². The van der Waals surface area contributed by atoms with Crippen LogP contribution in [0.5, 0.6) is 0 Å². The molecule has 1 nitrogen and oxygen atoms in total. The lowest BCUT2D eigenvalue weighted by molar-refractivity contribution is 0.309. The molecule has 0 amide bonds. The third kappa shape index (κ3) is 2.70. The van der Waals surface area contributed by atoms with Crippen LogP contribution in [0.2, 0.25) is 0 Å². The lowest BCUT2D eigenvalue weighted by Gasteiger charge is -2.25. The average molecular weight is 143 g/mol. The Bertz CT molecular complexity index is 78.8. The second-order valence-corrected chi connectivity index (χ2v) is 3.44.